The van der Waals surface area contributed by atoms with Crippen molar-refractivity contribution in [3.05, 3.63) is 169 Å². The molecular formula is C44H32BN3. The van der Waals surface area contributed by atoms with Gasteiger partial charge in [-0.3, -0.25) is 0 Å². The van der Waals surface area contributed by atoms with Gasteiger partial charge in [-0.2, -0.15) is 0 Å². The Bertz CT molecular complexity index is 2500. The van der Waals surface area contributed by atoms with Gasteiger partial charge in [0, 0.05) is 61.5 Å². The van der Waals surface area contributed by atoms with Crippen LogP contribution in [0.5, 0.6) is 0 Å². The fourth-order valence-corrected chi connectivity index (χ4v) is 8.29. The number of para-hydroxylation sites is 4. The van der Waals surface area contributed by atoms with Crippen molar-refractivity contribution in [2.24, 2.45) is 0 Å². The number of fused-ring (bicyclic) bond motifs is 7. The molecular weight excluding hydrogens is 581 g/mol. The van der Waals surface area contributed by atoms with Crippen LogP contribution in [0.25, 0.3) is 32.9 Å². The van der Waals surface area contributed by atoms with Crippen LogP contribution in [-0.4, -0.2) is 11.3 Å². The molecule has 7 aromatic carbocycles. The van der Waals surface area contributed by atoms with Gasteiger partial charge in [-0.25, -0.2) is 0 Å². The largest absolute Gasteiger partial charge is 0.375 e. The quantitative estimate of drug-likeness (QED) is 0.183. The zero-order valence-corrected chi connectivity index (χ0v) is 26.9. The molecule has 48 heavy (non-hydrogen) atoms. The van der Waals surface area contributed by atoms with Gasteiger partial charge in [-0.15, -0.1) is 0 Å². The van der Waals surface area contributed by atoms with Crippen LogP contribution in [0.2, 0.25) is 0 Å². The van der Waals surface area contributed by atoms with Gasteiger partial charge >= 0.3 is 6.85 Å². The number of rotatable bonds is 4. The predicted molar refractivity (Wildman–Crippen MR) is 204 cm³/mol. The first kappa shape index (κ1) is 27.1. The van der Waals surface area contributed by atoms with E-state index in [9.17, 15) is 0 Å². The van der Waals surface area contributed by atoms with E-state index in [-0.39, 0.29) is 6.85 Å². The van der Waals surface area contributed by atoms with E-state index < -0.39 is 0 Å². The molecule has 0 amide bonds. The number of anilines is 6. The topological polar surface area (TPSA) is 11.4 Å². The Morgan fingerprint density at radius 3 is 1.88 bits per heavy atom. The smallest absolute Gasteiger partial charge is 0.333 e. The zero-order valence-electron chi connectivity index (χ0n) is 26.9. The van der Waals surface area contributed by atoms with E-state index in [1.165, 1.54) is 66.4 Å². The molecule has 2 aliphatic heterocycles. The first-order chi connectivity index (χ1) is 23.7. The predicted octanol–water partition coefficient (Wildman–Crippen LogP) is 10.3. The highest BCUT2D eigenvalue weighted by atomic mass is 15.2. The van der Waals surface area contributed by atoms with Crippen molar-refractivity contribution in [3.63, 3.8) is 0 Å². The molecule has 4 heteroatoms. The summed E-state index contributed by atoms with van der Waals surface area (Å²) in [6, 6.07) is 58.0. The molecule has 0 atom stereocenters. The van der Waals surface area contributed by atoms with Gasteiger partial charge in [0.25, 0.3) is 0 Å². The van der Waals surface area contributed by atoms with E-state index in [0.29, 0.717) is 0 Å². The summed E-state index contributed by atoms with van der Waals surface area (Å²) in [7, 11) is 0. The van der Waals surface area contributed by atoms with Gasteiger partial charge in [0.05, 0.1) is 0 Å². The second kappa shape index (κ2) is 10.3. The third-order valence-corrected chi connectivity index (χ3v) is 10.2. The van der Waals surface area contributed by atoms with Crippen LogP contribution < -0.4 is 20.7 Å². The lowest BCUT2D eigenvalue weighted by molar-refractivity contribution is 1.23. The van der Waals surface area contributed by atoms with E-state index >= 15 is 0 Å². The number of hydrogen-bond donors (Lipinski definition) is 0. The lowest BCUT2D eigenvalue weighted by Gasteiger charge is -2.41. The van der Waals surface area contributed by atoms with Gasteiger partial charge in [-0.1, -0.05) is 84.4 Å². The third-order valence-electron chi connectivity index (χ3n) is 10.2. The van der Waals surface area contributed by atoms with Crippen LogP contribution in [0.15, 0.2) is 158 Å². The molecule has 0 N–H and O–H groups in total. The Balaban J connectivity index is 1.38. The Kier molecular flexibility index (Phi) is 5.80. The molecule has 10 rings (SSSR count). The summed E-state index contributed by atoms with van der Waals surface area (Å²) in [5, 5.41) is 2.65. The zero-order chi connectivity index (χ0) is 31.9. The summed E-state index contributed by atoms with van der Waals surface area (Å²) in [5.41, 5.74) is 17.4. The summed E-state index contributed by atoms with van der Waals surface area (Å²) in [6.45, 7) is 4.47. The average molecular weight is 614 g/mol. The fraction of sp³-hybridized carbons (Fsp3) is 0.0455. The molecule has 0 unspecified atom stereocenters. The second-order valence-electron chi connectivity index (χ2n) is 13.2. The number of nitrogens with zero attached hydrogens (tertiary/aromatic N) is 3. The van der Waals surface area contributed by atoms with Gasteiger partial charge in [0.1, 0.15) is 0 Å². The van der Waals surface area contributed by atoms with Crippen molar-refractivity contribution in [2.45, 2.75) is 13.8 Å². The normalized spacial score (nSPS) is 12.7. The van der Waals surface area contributed by atoms with Crippen molar-refractivity contribution >= 4 is 73.7 Å². The van der Waals surface area contributed by atoms with E-state index in [4.69, 9.17) is 0 Å². The molecule has 8 aromatic rings. The molecule has 226 valence electrons. The Labute approximate surface area is 281 Å². The van der Waals surface area contributed by atoms with Gasteiger partial charge in [0.15, 0.2) is 0 Å². The molecule has 2 aliphatic rings. The van der Waals surface area contributed by atoms with Crippen LogP contribution >= 0.6 is 0 Å². The van der Waals surface area contributed by atoms with Crippen molar-refractivity contribution in [1.82, 2.24) is 4.48 Å². The average Bonchev–Trinajstić information content (AvgIpc) is 3.44. The van der Waals surface area contributed by atoms with Crippen LogP contribution in [0.1, 0.15) is 11.1 Å². The Hall–Kier alpha value is -6.00. The number of hydrogen-bond acceptors (Lipinski definition) is 2. The maximum atomic E-state index is 2.64. The first-order valence-corrected chi connectivity index (χ1v) is 16.7. The minimum Gasteiger partial charge on any atom is -0.375 e. The Morgan fingerprint density at radius 2 is 1.15 bits per heavy atom. The fourth-order valence-electron chi connectivity index (χ4n) is 8.29. The van der Waals surface area contributed by atoms with Gasteiger partial charge in [0.2, 0.25) is 0 Å². The minimum atomic E-state index is 0.0278. The minimum absolute atomic E-state index is 0.0278. The van der Waals surface area contributed by atoms with Crippen molar-refractivity contribution < 1.29 is 0 Å². The molecule has 0 bridgehead atoms. The summed E-state index contributed by atoms with van der Waals surface area (Å²) >= 11 is 0. The van der Waals surface area contributed by atoms with Crippen LogP contribution in [0.4, 0.5) is 34.1 Å². The monoisotopic (exact) mass is 613 g/mol. The third kappa shape index (κ3) is 3.83. The lowest BCUT2D eigenvalue weighted by Crippen LogP contribution is -2.56. The highest BCUT2D eigenvalue weighted by Gasteiger charge is 2.43. The highest BCUT2D eigenvalue weighted by Crippen LogP contribution is 2.48. The Morgan fingerprint density at radius 1 is 0.500 bits per heavy atom. The first-order valence-electron chi connectivity index (χ1n) is 16.7. The molecule has 0 saturated heterocycles. The lowest BCUT2D eigenvalue weighted by atomic mass is 9.45. The molecule has 0 aliphatic carbocycles. The van der Waals surface area contributed by atoms with E-state index in [1.54, 1.807) is 0 Å². The van der Waals surface area contributed by atoms with Crippen LogP contribution in [0, 0.1) is 13.8 Å². The molecule has 3 nitrogen and oxygen atoms in total. The summed E-state index contributed by atoms with van der Waals surface area (Å²) in [6.07, 6.45) is 0. The van der Waals surface area contributed by atoms with Crippen molar-refractivity contribution in [2.75, 3.05) is 9.80 Å². The van der Waals surface area contributed by atoms with E-state index in [2.05, 4.69) is 186 Å². The van der Waals surface area contributed by atoms with E-state index in [0.717, 1.165) is 22.7 Å². The maximum Gasteiger partial charge on any atom is 0.333 e. The highest BCUT2D eigenvalue weighted by molar-refractivity contribution is 6.90. The molecule has 0 saturated carbocycles. The summed E-state index contributed by atoms with van der Waals surface area (Å²) < 4.78 is 2.64. The van der Waals surface area contributed by atoms with Crippen LogP contribution in [0.3, 0.4) is 0 Å². The van der Waals surface area contributed by atoms with Gasteiger partial charge in [-0.05, 0) is 115 Å². The maximum absolute atomic E-state index is 2.64. The number of benzene rings is 7. The number of aromatic nitrogens is 1. The van der Waals surface area contributed by atoms with E-state index in [1.807, 2.05) is 0 Å². The van der Waals surface area contributed by atoms with Gasteiger partial charge < -0.3 is 14.3 Å². The molecule has 3 heterocycles. The molecule has 1 aromatic heterocycles. The number of aryl methyl sites for hydroxylation is 2. The summed E-state index contributed by atoms with van der Waals surface area (Å²) in [4.78, 5) is 4.88. The second-order valence-corrected chi connectivity index (χ2v) is 13.2. The SMILES string of the molecule is Cc1ccc2c(c1)c1cc(C)cc3c1n2B1c2ccccc2N(c2ccccc2)c2cc(N(c4ccccc4)c4ccccc4)cc-3c21. The summed E-state index contributed by atoms with van der Waals surface area (Å²) in [5.74, 6) is 0. The van der Waals surface area contributed by atoms with Crippen molar-refractivity contribution in [3.8, 4) is 11.1 Å². The van der Waals surface area contributed by atoms with Crippen molar-refractivity contribution in [1.29, 1.82) is 0 Å². The molecule has 0 spiro atoms. The molecule has 0 fully saturated rings. The standard InChI is InChI=1S/C44H32BN3/c1-29-22-23-40-35(24-29)37-25-30(2)26-38-36-27-34(46(31-14-6-3-7-15-31)32-16-8-4-9-17-32)28-42-43(36)45(48(40)44(37)38)39-20-12-13-21-41(39)47(42)33-18-10-5-11-19-33/h3-28H,1-2H3. The van der Waals surface area contributed by atoms with Crippen LogP contribution in [-0.2, 0) is 0 Å². The molecule has 0 radical (unpaired) electrons.